The van der Waals surface area contributed by atoms with Gasteiger partial charge in [0.15, 0.2) is 0 Å². The van der Waals surface area contributed by atoms with Gasteiger partial charge in [-0.25, -0.2) is 9.59 Å². The molecule has 1 heterocycles. The maximum Gasteiger partial charge on any atom is 0.328 e. The highest BCUT2D eigenvalue weighted by Gasteiger charge is 2.27. The molecule has 0 bridgehead atoms. The molecule has 1 fully saturated rings. The summed E-state index contributed by atoms with van der Waals surface area (Å²) >= 11 is 0. The van der Waals surface area contributed by atoms with Gasteiger partial charge in [0.25, 0.3) is 0 Å². The molecule has 2 N–H and O–H groups in total. The minimum atomic E-state index is -0.462. The van der Waals surface area contributed by atoms with E-state index in [4.69, 9.17) is 4.74 Å². The molecule has 1 saturated heterocycles. The Morgan fingerprint density at radius 1 is 1.53 bits per heavy atom. The Kier molecular flexibility index (Phi) is 4.93. The highest BCUT2D eigenvalue weighted by molar-refractivity contribution is 5.84. The summed E-state index contributed by atoms with van der Waals surface area (Å²) in [5.74, 6) is -0.335. The maximum atomic E-state index is 11.3. The van der Waals surface area contributed by atoms with Crippen molar-refractivity contribution in [2.75, 3.05) is 13.2 Å². The Morgan fingerprint density at radius 3 is 2.93 bits per heavy atom. The number of hydrogen-bond acceptors (Lipinski definition) is 3. The zero-order chi connectivity index (χ0) is 11.1. The van der Waals surface area contributed by atoms with Crippen molar-refractivity contribution >= 4 is 12.0 Å². The molecule has 1 unspecified atom stereocenters. The fourth-order valence-corrected chi connectivity index (χ4v) is 1.41. The molecule has 5 nitrogen and oxygen atoms in total. The predicted octanol–water partition coefficient (Wildman–Crippen LogP) is 0.791. The molecule has 0 aromatic carbocycles. The van der Waals surface area contributed by atoms with Crippen LogP contribution in [0.3, 0.4) is 0 Å². The predicted molar refractivity (Wildman–Crippen MR) is 55.4 cm³/mol. The standard InChI is InChI=1S/C10H18N2O3/c1-2-3-4-6-11-10(14)12-8-5-7-15-9(8)13/h8H,2-7H2,1H3,(H2,11,12,14). The third-order valence-electron chi connectivity index (χ3n) is 2.31. The fraction of sp³-hybridized carbons (Fsp3) is 0.800. The molecule has 0 saturated carbocycles. The van der Waals surface area contributed by atoms with Crippen LogP contribution in [0, 0.1) is 0 Å². The summed E-state index contributed by atoms with van der Waals surface area (Å²) in [5, 5.41) is 5.29. The average molecular weight is 214 g/mol. The number of urea groups is 1. The monoisotopic (exact) mass is 214 g/mol. The summed E-state index contributed by atoms with van der Waals surface area (Å²) in [5.41, 5.74) is 0. The van der Waals surface area contributed by atoms with Crippen LogP contribution in [0.15, 0.2) is 0 Å². The third-order valence-corrected chi connectivity index (χ3v) is 2.31. The lowest BCUT2D eigenvalue weighted by molar-refractivity contribution is -0.139. The lowest BCUT2D eigenvalue weighted by Gasteiger charge is -2.09. The molecule has 15 heavy (non-hydrogen) atoms. The van der Waals surface area contributed by atoms with Crippen LogP contribution in [0.4, 0.5) is 4.79 Å². The van der Waals surface area contributed by atoms with Gasteiger partial charge in [0.05, 0.1) is 6.61 Å². The normalized spacial score (nSPS) is 19.8. The van der Waals surface area contributed by atoms with Crippen molar-refractivity contribution < 1.29 is 14.3 Å². The van der Waals surface area contributed by atoms with E-state index in [1.54, 1.807) is 0 Å². The summed E-state index contributed by atoms with van der Waals surface area (Å²) in [6.07, 6.45) is 3.77. The van der Waals surface area contributed by atoms with Crippen LogP contribution in [0.5, 0.6) is 0 Å². The van der Waals surface area contributed by atoms with E-state index >= 15 is 0 Å². The Hall–Kier alpha value is -1.26. The molecule has 0 aromatic rings. The van der Waals surface area contributed by atoms with Crippen molar-refractivity contribution in [1.82, 2.24) is 10.6 Å². The van der Waals surface area contributed by atoms with Crippen LogP contribution in [0.1, 0.15) is 32.6 Å². The molecular formula is C10H18N2O3. The van der Waals surface area contributed by atoms with E-state index in [0.717, 1.165) is 19.3 Å². The number of rotatable bonds is 5. The lowest BCUT2D eigenvalue weighted by Crippen LogP contribution is -2.44. The highest BCUT2D eigenvalue weighted by atomic mass is 16.5. The minimum absolute atomic E-state index is 0.282. The molecule has 1 aliphatic heterocycles. The van der Waals surface area contributed by atoms with E-state index in [0.29, 0.717) is 19.6 Å². The topological polar surface area (TPSA) is 67.4 Å². The molecule has 0 spiro atoms. The summed E-state index contributed by atoms with van der Waals surface area (Å²) < 4.78 is 4.73. The van der Waals surface area contributed by atoms with E-state index in [1.807, 2.05) is 0 Å². The van der Waals surface area contributed by atoms with Crippen LogP contribution in [-0.4, -0.2) is 31.2 Å². The molecule has 0 radical (unpaired) electrons. The average Bonchev–Trinajstić information content (AvgIpc) is 2.59. The van der Waals surface area contributed by atoms with E-state index < -0.39 is 6.04 Å². The van der Waals surface area contributed by atoms with Crippen molar-refractivity contribution in [1.29, 1.82) is 0 Å². The Morgan fingerprint density at radius 2 is 2.33 bits per heavy atom. The van der Waals surface area contributed by atoms with Gasteiger partial charge in [-0.15, -0.1) is 0 Å². The van der Waals surface area contributed by atoms with Crippen molar-refractivity contribution in [2.24, 2.45) is 0 Å². The smallest absolute Gasteiger partial charge is 0.328 e. The fourth-order valence-electron chi connectivity index (χ4n) is 1.41. The van der Waals surface area contributed by atoms with Crippen molar-refractivity contribution in [3.63, 3.8) is 0 Å². The molecule has 2 amide bonds. The number of unbranched alkanes of at least 4 members (excludes halogenated alkanes) is 2. The van der Waals surface area contributed by atoms with Gasteiger partial charge in [0.1, 0.15) is 6.04 Å². The lowest BCUT2D eigenvalue weighted by atomic mass is 10.2. The zero-order valence-corrected chi connectivity index (χ0v) is 9.04. The van der Waals surface area contributed by atoms with Crippen LogP contribution in [0.25, 0.3) is 0 Å². The number of esters is 1. The Labute approximate surface area is 89.6 Å². The number of amides is 2. The first-order chi connectivity index (χ1) is 7.24. The summed E-state index contributed by atoms with van der Waals surface area (Å²) in [6.45, 7) is 3.16. The molecule has 86 valence electrons. The van der Waals surface area contributed by atoms with Gasteiger partial charge < -0.3 is 15.4 Å². The van der Waals surface area contributed by atoms with Crippen LogP contribution < -0.4 is 10.6 Å². The van der Waals surface area contributed by atoms with Gasteiger partial charge in [0.2, 0.25) is 0 Å². The van der Waals surface area contributed by atoms with E-state index in [-0.39, 0.29) is 12.0 Å². The van der Waals surface area contributed by atoms with Gasteiger partial charge >= 0.3 is 12.0 Å². The first-order valence-corrected chi connectivity index (χ1v) is 5.45. The van der Waals surface area contributed by atoms with Gasteiger partial charge in [-0.1, -0.05) is 19.8 Å². The molecule has 1 rings (SSSR count). The van der Waals surface area contributed by atoms with Gasteiger partial charge in [-0.3, -0.25) is 0 Å². The summed E-state index contributed by atoms with van der Waals surface area (Å²) in [6, 6.07) is -0.744. The second-order valence-electron chi connectivity index (χ2n) is 3.62. The quantitative estimate of drug-likeness (QED) is 0.525. The largest absolute Gasteiger partial charge is 0.464 e. The van der Waals surface area contributed by atoms with Gasteiger partial charge in [-0.2, -0.15) is 0 Å². The second kappa shape index (κ2) is 6.27. The van der Waals surface area contributed by atoms with Crippen molar-refractivity contribution in [3.05, 3.63) is 0 Å². The zero-order valence-electron chi connectivity index (χ0n) is 9.04. The number of cyclic esters (lactones) is 1. The molecule has 0 aromatic heterocycles. The first-order valence-electron chi connectivity index (χ1n) is 5.45. The molecule has 5 heteroatoms. The second-order valence-corrected chi connectivity index (χ2v) is 3.62. The molecule has 1 atom stereocenters. The number of carbonyl (C=O) groups is 2. The van der Waals surface area contributed by atoms with Crippen molar-refractivity contribution in [3.8, 4) is 0 Å². The summed E-state index contributed by atoms with van der Waals surface area (Å²) in [4.78, 5) is 22.3. The maximum absolute atomic E-state index is 11.3. The Bertz CT molecular complexity index is 231. The Balaban J connectivity index is 2.10. The van der Waals surface area contributed by atoms with Crippen molar-refractivity contribution in [2.45, 2.75) is 38.6 Å². The van der Waals surface area contributed by atoms with Gasteiger partial charge in [0, 0.05) is 13.0 Å². The number of ether oxygens (including phenoxy) is 1. The number of nitrogens with one attached hydrogen (secondary N) is 2. The van der Waals surface area contributed by atoms with Crippen LogP contribution in [-0.2, 0) is 9.53 Å². The van der Waals surface area contributed by atoms with E-state index in [1.165, 1.54) is 0 Å². The van der Waals surface area contributed by atoms with Gasteiger partial charge in [-0.05, 0) is 6.42 Å². The minimum Gasteiger partial charge on any atom is -0.464 e. The SMILES string of the molecule is CCCCCNC(=O)NC1CCOC1=O. The third kappa shape index (κ3) is 4.18. The number of hydrogen-bond donors (Lipinski definition) is 2. The molecular weight excluding hydrogens is 196 g/mol. The highest BCUT2D eigenvalue weighted by Crippen LogP contribution is 2.04. The number of carbonyl (C=O) groups excluding carboxylic acids is 2. The molecule has 0 aliphatic carbocycles. The van der Waals surface area contributed by atoms with E-state index in [2.05, 4.69) is 17.6 Å². The van der Waals surface area contributed by atoms with E-state index in [9.17, 15) is 9.59 Å². The van der Waals surface area contributed by atoms with Crippen LogP contribution >= 0.6 is 0 Å². The molecule has 1 aliphatic rings. The first kappa shape index (κ1) is 11.8. The van der Waals surface area contributed by atoms with Crippen LogP contribution in [0.2, 0.25) is 0 Å². The summed E-state index contributed by atoms with van der Waals surface area (Å²) in [7, 11) is 0.